The first-order valence-corrected chi connectivity index (χ1v) is 10.0. The van der Waals surface area contributed by atoms with Gasteiger partial charge in [0.05, 0.1) is 17.9 Å². The van der Waals surface area contributed by atoms with E-state index in [1.165, 1.54) is 16.7 Å². The van der Waals surface area contributed by atoms with E-state index >= 15 is 0 Å². The molecule has 0 saturated heterocycles. The Morgan fingerprint density at radius 1 is 1.22 bits per heavy atom. The first-order valence-electron chi connectivity index (χ1n) is 9.64. The van der Waals surface area contributed by atoms with Gasteiger partial charge in [0.15, 0.2) is 0 Å². The van der Waals surface area contributed by atoms with E-state index in [4.69, 9.17) is 21.3 Å². The van der Waals surface area contributed by atoms with Crippen LogP contribution in [-0.2, 0) is 17.6 Å². The van der Waals surface area contributed by atoms with Crippen molar-refractivity contribution in [2.24, 2.45) is 0 Å². The minimum absolute atomic E-state index is 0.290. The second-order valence-electron chi connectivity index (χ2n) is 7.34. The highest BCUT2D eigenvalue weighted by Crippen LogP contribution is 2.26. The van der Waals surface area contributed by atoms with E-state index < -0.39 is 0 Å². The predicted octanol–water partition coefficient (Wildman–Crippen LogP) is 5.21. The fourth-order valence-electron chi connectivity index (χ4n) is 3.44. The number of ether oxygens (including phenoxy) is 1. The van der Waals surface area contributed by atoms with Crippen molar-refractivity contribution < 1.29 is 4.74 Å². The van der Waals surface area contributed by atoms with Crippen molar-refractivity contribution in [2.75, 3.05) is 12.4 Å². The van der Waals surface area contributed by atoms with Crippen LogP contribution in [0.15, 0.2) is 42.1 Å². The van der Waals surface area contributed by atoms with Gasteiger partial charge in [0.2, 0.25) is 5.95 Å². The van der Waals surface area contributed by atoms with Crippen LogP contribution in [0.1, 0.15) is 49.9 Å². The third-order valence-corrected chi connectivity index (χ3v) is 5.05. The number of allylic oxidation sites excluding steroid dienone is 1. The lowest BCUT2D eigenvalue weighted by atomic mass is 9.91. The molecule has 0 amide bonds. The maximum atomic E-state index is 6.01. The number of rotatable bonds is 7. The Hall–Kier alpha value is -1.91. The summed E-state index contributed by atoms with van der Waals surface area (Å²) in [6.45, 7) is 4.20. The van der Waals surface area contributed by atoms with Crippen LogP contribution in [0.2, 0.25) is 5.02 Å². The van der Waals surface area contributed by atoms with Crippen LogP contribution in [0, 0.1) is 0 Å². The minimum atomic E-state index is 0.290. The number of anilines is 1. The van der Waals surface area contributed by atoms with Crippen LogP contribution in [0.5, 0.6) is 0 Å². The molecule has 0 fully saturated rings. The van der Waals surface area contributed by atoms with E-state index in [0.717, 1.165) is 42.8 Å². The Morgan fingerprint density at radius 3 is 2.63 bits per heavy atom. The Morgan fingerprint density at radius 2 is 2.00 bits per heavy atom. The van der Waals surface area contributed by atoms with Crippen LogP contribution in [-0.4, -0.2) is 29.2 Å². The molecule has 5 heteroatoms. The maximum Gasteiger partial charge on any atom is 0.222 e. The topological polar surface area (TPSA) is 47.0 Å². The summed E-state index contributed by atoms with van der Waals surface area (Å²) in [5.41, 5.74) is 4.91. The lowest BCUT2D eigenvalue weighted by Crippen LogP contribution is -2.20. The zero-order chi connectivity index (χ0) is 19.2. The predicted molar refractivity (Wildman–Crippen MR) is 111 cm³/mol. The molecule has 1 aliphatic rings. The van der Waals surface area contributed by atoms with Gasteiger partial charge in [-0.05, 0) is 62.8 Å². The lowest BCUT2D eigenvalue weighted by molar-refractivity contribution is 0.00275. The van der Waals surface area contributed by atoms with Crippen LogP contribution >= 0.6 is 11.6 Å². The van der Waals surface area contributed by atoms with Gasteiger partial charge in [-0.15, -0.1) is 0 Å². The Labute approximate surface area is 167 Å². The molecule has 1 aliphatic carbocycles. The molecule has 1 aromatic heterocycles. The van der Waals surface area contributed by atoms with Gasteiger partial charge in [-0.1, -0.05) is 35.4 Å². The molecule has 3 rings (SSSR count). The van der Waals surface area contributed by atoms with Crippen molar-refractivity contribution in [1.29, 1.82) is 0 Å². The summed E-state index contributed by atoms with van der Waals surface area (Å²) in [5.74, 6) is 0.658. The van der Waals surface area contributed by atoms with Gasteiger partial charge in [-0.3, -0.25) is 0 Å². The molecule has 0 aliphatic heterocycles. The molecule has 1 heterocycles. The monoisotopic (exact) mass is 385 g/mol. The van der Waals surface area contributed by atoms with Crippen molar-refractivity contribution >= 4 is 17.5 Å². The molecular weight excluding hydrogens is 358 g/mol. The molecule has 2 aromatic rings. The SMILES string of the molecule is CNc1ncc(CC2=CCC(OC(C)C)CC2)c(Cc2ccc(Cl)cc2)n1. The first kappa shape index (κ1) is 19.8. The van der Waals surface area contributed by atoms with Gasteiger partial charge in [0, 0.05) is 24.7 Å². The molecule has 1 N–H and O–H groups in total. The van der Waals surface area contributed by atoms with Gasteiger partial charge < -0.3 is 10.1 Å². The molecule has 27 heavy (non-hydrogen) atoms. The number of aromatic nitrogens is 2. The van der Waals surface area contributed by atoms with Crippen molar-refractivity contribution in [2.45, 2.75) is 58.2 Å². The second kappa shape index (κ2) is 9.34. The van der Waals surface area contributed by atoms with E-state index in [2.05, 4.69) is 42.4 Å². The average Bonchev–Trinajstić information content (AvgIpc) is 2.66. The lowest BCUT2D eigenvalue weighted by Gasteiger charge is -2.24. The molecule has 0 spiro atoms. The maximum absolute atomic E-state index is 6.01. The number of benzene rings is 1. The van der Waals surface area contributed by atoms with Crippen LogP contribution in [0.3, 0.4) is 0 Å². The molecule has 4 nitrogen and oxygen atoms in total. The Bertz CT molecular complexity index is 787. The molecular formula is C22H28ClN3O. The number of halogens is 1. The van der Waals surface area contributed by atoms with Crippen LogP contribution in [0.25, 0.3) is 0 Å². The van der Waals surface area contributed by atoms with E-state index in [-0.39, 0.29) is 0 Å². The molecule has 0 radical (unpaired) electrons. The summed E-state index contributed by atoms with van der Waals surface area (Å²) in [6.07, 6.45) is 9.78. The van der Waals surface area contributed by atoms with Gasteiger partial charge in [-0.2, -0.15) is 0 Å². The van der Waals surface area contributed by atoms with Gasteiger partial charge in [0.25, 0.3) is 0 Å². The Kier molecular flexibility index (Phi) is 6.86. The number of hydrogen-bond acceptors (Lipinski definition) is 4. The van der Waals surface area contributed by atoms with E-state index in [0.29, 0.717) is 18.2 Å². The summed E-state index contributed by atoms with van der Waals surface area (Å²) >= 11 is 6.01. The second-order valence-corrected chi connectivity index (χ2v) is 7.78. The molecule has 0 bridgehead atoms. The summed E-state index contributed by atoms with van der Waals surface area (Å²) in [4.78, 5) is 9.16. The highest BCUT2D eigenvalue weighted by Gasteiger charge is 2.18. The average molecular weight is 386 g/mol. The van der Waals surface area contributed by atoms with Crippen molar-refractivity contribution in [1.82, 2.24) is 9.97 Å². The van der Waals surface area contributed by atoms with Crippen molar-refractivity contribution in [3.8, 4) is 0 Å². The molecule has 0 saturated carbocycles. The van der Waals surface area contributed by atoms with E-state index in [9.17, 15) is 0 Å². The van der Waals surface area contributed by atoms with Crippen LogP contribution < -0.4 is 5.32 Å². The third-order valence-electron chi connectivity index (χ3n) is 4.80. The standard InChI is InChI=1S/C22H28ClN3O/c1-15(2)27-20-10-6-16(7-11-20)12-18-14-25-22(24-3)26-21(18)13-17-4-8-19(23)9-5-17/h4-6,8-9,14-15,20H,7,10-13H2,1-3H3,(H,24,25,26). The third kappa shape index (κ3) is 5.78. The van der Waals surface area contributed by atoms with Crippen molar-refractivity contribution in [3.05, 3.63) is 64.0 Å². The molecule has 1 unspecified atom stereocenters. The first-order chi connectivity index (χ1) is 13.0. The van der Waals surface area contributed by atoms with Gasteiger partial charge in [-0.25, -0.2) is 9.97 Å². The minimum Gasteiger partial charge on any atom is -0.375 e. The number of nitrogens with zero attached hydrogens (tertiary/aromatic N) is 2. The smallest absolute Gasteiger partial charge is 0.222 e. The van der Waals surface area contributed by atoms with Gasteiger partial charge >= 0.3 is 0 Å². The summed E-state index contributed by atoms with van der Waals surface area (Å²) in [5, 5.41) is 3.80. The van der Waals surface area contributed by atoms with E-state index in [1.807, 2.05) is 25.4 Å². The van der Waals surface area contributed by atoms with E-state index in [1.54, 1.807) is 0 Å². The zero-order valence-electron chi connectivity index (χ0n) is 16.3. The Balaban J connectivity index is 1.75. The highest BCUT2D eigenvalue weighted by molar-refractivity contribution is 6.30. The molecule has 1 aromatic carbocycles. The summed E-state index contributed by atoms with van der Waals surface area (Å²) < 4.78 is 5.94. The number of nitrogens with one attached hydrogen (secondary N) is 1. The fourth-order valence-corrected chi connectivity index (χ4v) is 3.56. The fraction of sp³-hybridized carbons (Fsp3) is 0.455. The largest absolute Gasteiger partial charge is 0.375 e. The molecule has 1 atom stereocenters. The van der Waals surface area contributed by atoms with Crippen molar-refractivity contribution in [3.63, 3.8) is 0 Å². The van der Waals surface area contributed by atoms with Gasteiger partial charge in [0.1, 0.15) is 0 Å². The quantitative estimate of drug-likeness (QED) is 0.664. The summed E-state index contributed by atoms with van der Waals surface area (Å²) in [6, 6.07) is 7.96. The highest BCUT2D eigenvalue weighted by atomic mass is 35.5. The summed E-state index contributed by atoms with van der Waals surface area (Å²) in [7, 11) is 1.85. The normalized spacial score (nSPS) is 17.1. The molecule has 144 valence electrons. The zero-order valence-corrected chi connectivity index (χ0v) is 17.1. The van der Waals surface area contributed by atoms with Crippen LogP contribution in [0.4, 0.5) is 5.95 Å². The number of hydrogen-bond donors (Lipinski definition) is 1.